The van der Waals surface area contributed by atoms with E-state index >= 15 is 0 Å². The molecule has 2 rings (SSSR count). The van der Waals surface area contributed by atoms with Gasteiger partial charge in [0.1, 0.15) is 0 Å². The van der Waals surface area contributed by atoms with E-state index in [0.29, 0.717) is 13.1 Å². The molecule has 0 aliphatic carbocycles. The first-order valence-electron chi connectivity index (χ1n) is 6.97. The van der Waals surface area contributed by atoms with Crippen LogP contribution in [0.2, 0.25) is 0 Å². The van der Waals surface area contributed by atoms with Crippen molar-refractivity contribution in [3.05, 3.63) is 41.2 Å². The zero-order valence-electron chi connectivity index (χ0n) is 12.5. The average Bonchev–Trinajstić information content (AvgIpc) is 2.94. The van der Waals surface area contributed by atoms with Gasteiger partial charge in [0.15, 0.2) is 5.13 Å². The highest BCUT2D eigenvalue weighted by molar-refractivity contribution is 7.14. The number of amides is 1. The summed E-state index contributed by atoms with van der Waals surface area (Å²) in [7, 11) is 0. The molecule has 0 saturated heterocycles. The number of nitrogens with zero attached hydrogens (tertiary/aromatic N) is 3. The van der Waals surface area contributed by atoms with Gasteiger partial charge in [-0.3, -0.25) is 14.7 Å². The minimum absolute atomic E-state index is 0.0232. The van der Waals surface area contributed by atoms with Crippen LogP contribution < -0.4 is 10.2 Å². The van der Waals surface area contributed by atoms with Crippen molar-refractivity contribution in [3.63, 3.8) is 0 Å². The van der Waals surface area contributed by atoms with E-state index in [4.69, 9.17) is 0 Å². The summed E-state index contributed by atoms with van der Waals surface area (Å²) in [6.07, 6.45) is 3.63. The molecule has 0 aliphatic rings. The highest BCUT2D eigenvalue weighted by atomic mass is 32.1. The van der Waals surface area contributed by atoms with Gasteiger partial charge in [-0.1, -0.05) is 6.07 Å². The van der Waals surface area contributed by atoms with Gasteiger partial charge < -0.3 is 5.32 Å². The Hall–Kier alpha value is -1.79. The molecule has 0 aromatic carbocycles. The van der Waals surface area contributed by atoms with E-state index < -0.39 is 0 Å². The second kappa shape index (κ2) is 7.28. The van der Waals surface area contributed by atoms with Crippen molar-refractivity contribution in [3.8, 4) is 0 Å². The number of thiazole rings is 1. The van der Waals surface area contributed by atoms with E-state index in [-0.39, 0.29) is 11.9 Å². The Kier molecular flexibility index (Phi) is 5.41. The summed E-state index contributed by atoms with van der Waals surface area (Å²) in [5.41, 5.74) is 2.09. The van der Waals surface area contributed by atoms with Gasteiger partial charge in [-0.05, 0) is 25.5 Å². The third kappa shape index (κ3) is 4.09. The molecule has 112 valence electrons. The minimum atomic E-state index is 0.0232. The normalized spacial score (nSPS) is 12.1. The fourth-order valence-corrected chi connectivity index (χ4v) is 2.93. The van der Waals surface area contributed by atoms with Gasteiger partial charge in [0.05, 0.1) is 5.69 Å². The predicted octanol–water partition coefficient (Wildman–Crippen LogP) is 2.76. The van der Waals surface area contributed by atoms with E-state index in [1.54, 1.807) is 18.0 Å². The van der Waals surface area contributed by atoms with Crippen LogP contribution in [0.4, 0.5) is 5.13 Å². The van der Waals surface area contributed by atoms with Gasteiger partial charge in [-0.2, -0.15) is 0 Å². The molecule has 0 spiro atoms. The Morgan fingerprint density at radius 1 is 1.52 bits per heavy atom. The largest absolute Gasteiger partial charge is 0.304 e. The lowest BCUT2D eigenvalue weighted by molar-refractivity contribution is -0.116. The summed E-state index contributed by atoms with van der Waals surface area (Å²) in [5, 5.41) is 6.17. The molecule has 5 nitrogen and oxygen atoms in total. The average molecular weight is 304 g/mol. The summed E-state index contributed by atoms with van der Waals surface area (Å²) in [6, 6.07) is 4.19. The topological polar surface area (TPSA) is 58.1 Å². The summed E-state index contributed by atoms with van der Waals surface area (Å²) in [5.74, 6) is 0.0232. The van der Waals surface area contributed by atoms with Gasteiger partial charge in [0.25, 0.3) is 0 Å². The van der Waals surface area contributed by atoms with E-state index in [9.17, 15) is 4.79 Å². The summed E-state index contributed by atoms with van der Waals surface area (Å²) in [4.78, 5) is 21.8. The van der Waals surface area contributed by atoms with Crippen LogP contribution in [0, 0.1) is 0 Å². The van der Waals surface area contributed by atoms with Crippen LogP contribution in [-0.2, 0) is 11.3 Å². The molecule has 21 heavy (non-hydrogen) atoms. The van der Waals surface area contributed by atoms with Crippen molar-refractivity contribution in [2.45, 2.75) is 33.4 Å². The maximum absolute atomic E-state index is 11.5. The Bertz CT molecular complexity index is 584. The Morgan fingerprint density at radius 3 is 2.95 bits per heavy atom. The van der Waals surface area contributed by atoms with Crippen molar-refractivity contribution < 1.29 is 4.79 Å². The van der Waals surface area contributed by atoms with Crippen LogP contribution in [0.25, 0.3) is 0 Å². The highest BCUT2D eigenvalue weighted by Crippen LogP contribution is 2.21. The van der Waals surface area contributed by atoms with Crippen LogP contribution in [0.1, 0.15) is 38.1 Å². The van der Waals surface area contributed by atoms with Crippen LogP contribution in [-0.4, -0.2) is 22.4 Å². The lowest BCUT2D eigenvalue weighted by Crippen LogP contribution is -2.27. The predicted molar refractivity (Wildman–Crippen MR) is 85.3 cm³/mol. The monoisotopic (exact) mass is 304 g/mol. The van der Waals surface area contributed by atoms with Gasteiger partial charge in [0, 0.05) is 43.8 Å². The van der Waals surface area contributed by atoms with Crippen molar-refractivity contribution in [2.75, 3.05) is 11.4 Å². The Labute approximate surface area is 129 Å². The van der Waals surface area contributed by atoms with E-state index in [1.165, 1.54) is 11.3 Å². The lowest BCUT2D eigenvalue weighted by atomic mass is 10.1. The van der Waals surface area contributed by atoms with E-state index in [1.807, 2.05) is 30.6 Å². The third-order valence-electron chi connectivity index (χ3n) is 3.24. The number of carbonyl (C=O) groups excluding carboxylic acids is 1. The second-order valence-electron chi connectivity index (χ2n) is 4.77. The first-order valence-corrected chi connectivity index (χ1v) is 7.85. The number of nitrogens with one attached hydrogen (secondary N) is 1. The Balaban J connectivity index is 1.95. The molecule has 2 aromatic heterocycles. The summed E-state index contributed by atoms with van der Waals surface area (Å²) >= 11 is 1.50. The molecule has 0 radical (unpaired) electrons. The number of pyridine rings is 1. The molecule has 0 aliphatic heterocycles. The molecule has 1 N–H and O–H groups in total. The van der Waals surface area contributed by atoms with Gasteiger partial charge in [0.2, 0.25) is 5.91 Å². The smallest absolute Gasteiger partial charge is 0.225 e. The van der Waals surface area contributed by atoms with Crippen LogP contribution in [0.3, 0.4) is 0 Å². The molecule has 2 heterocycles. The SMILES string of the molecule is CCN(C(C)=O)c1nc(CN[C@@H](C)c2cccnc2)cs1. The number of anilines is 1. The zero-order valence-corrected chi connectivity index (χ0v) is 13.4. The fraction of sp³-hybridized carbons (Fsp3) is 0.400. The zero-order chi connectivity index (χ0) is 15.2. The molecule has 0 fully saturated rings. The highest BCUT2D eigenvalue weighted by Gasteiger charge is 2.13. The van der Waals surface area contributed by atoms with Crippen LogP contribution in [0.5, 0.6) is 0 Å². The van der Waals surface area contributed by atoms with Crippen LogP contribution in [0.15, 0.2) is 29.9 Å². The lowest BCUT2D eigenvalue weighted by Gasteiger charge is -2.15. The van der Waals surface area contributed by atoms with Crippen molar-refractivity contribution in [2.24, 2.45) is 0 Å². The minimum Gasteiger partial charge on any atom is -0.304 e. The molecular formula is C15H20N4OS. The molecular weight excluding hydrogens is 284 g/mol. The summed E-state index contributed by atoms with van der Waals surface area (Å²) < 4.78 is 0. The molecule has 0 saturated carbocycles. The van der Waals surface area contributed by atoms with E-state index in [0.717, 1.165) is 16.4 Å². The number of hydrogen-bond acceptors (Lipinski definition) is 5. The van der Waals surface area contributed by atoms with Crippen LogP contribution >= 0.6 is 11.3 Å². The third-order valence-corrected chi connectivity index (χ3v) is 4.15. The molecule has 0 unspecified atom stereocenters. The van der Waals surface area contributed by atoms with E-state index in [2.05, 4.69) is 22.2 Å². The number of hydrogen-bond donors (Lipinski definition) is 1. The fourth-order valence-electron chi connectivity index (χ4n) is 2.00. The van der Waals surface area contributed by atoms with Crippen molar-refractivity contribution in [1.82, 2.24) is 15.3 Å². The van der Waals surface area contributed by atoms with Gasteiger partial charge >= 0.3 is 0 Å². The Morgan fingerprint density at radius 2 is 2.33 bits per heavy atom. The molecule has 1 atom stereocenters. The maximum atomic E-state index is 11.5. The quantitative estimate of drug-likeness (QED) is 0.891. The van der Waals surface area contributed by atoms with Gasteiger partial charge in [-0.15, -0.1) is 11.3 Å². The molecule has 0 bridgehead atoms. The second-order valence-corrected chi connectivity index (χ2v) is 5.61. The standard InChI is InChI=1S/C15H20N4OS/c1-4-19(12(3)20)15-18-14(10-21-15)9-17-11(2)13-6-5-7-16-8-13/h5-8,10-11,17H,4,9H2,1-3H3/t11-/m0/s1. The number of rotatable bonds is 6. The van der Waals surface area contributed by atoms with Crippen molar-refractivity contribution >= 4 is 22.4 Å². The molecule has 6 heteroatoms. The maximum Gasteiger partial charge on any atom is 0.225 e. The molecule has 2 aromatic rings. The van der Waals surface area contributed by atoms with Gasteiger partial charge in [-0.25, -0.2) is 4.98 Å². The first-order chi connectivity index (χ1) is 10.1. The number of carbonyl (C=O) groups is 1. The first kappa shape index (κ1) is 15.6. The molecule has 1 amide bonds. The number of aromatic nitrogens is 2. The van der Waals surface area contributed by atoms with Crippen molar-refractivity contribution in [1.29, 1.82) is 0 Å². The summed E-state index contributed by atoms with van der Waals surface area (Å²) in [6.45, 7) is 6.92.